The van der Waals surface area contributed by atoms with Crippen LogP contribution in [0.4, 0.5) is 5.69 Å². The predicted molar refractivity (Wildman–Crippen MR) is 63.5 cm³/mol. The van der Waals surface area contributed by atoms with E-state index < -0.39 is 4.92 Å². The van der Waals surface area contributed by atoms with Gasteiger partial charge in [0.25, 0.3) is 0 Å². The molecule has 6 heteroatoms. The molecule has 0 amide bonds. The highest BCUT2D eigenvalue weighted by molar-refractivity contribution is 6.30. The van der Waals surface area contributed by atoms with E-state index in [4.69, 9.17) is 16.3 Å². The van der Waals surface area contributed by atoms with Gasteiger partial charge in [0.2, 0.25) is 0 Å². The van der Waals surface area contributed by atoms with Gasteiger partial charge >= 0.3 is 5.69 Å². The fourth-order valence-electron chi connectivity index (χ4n) is 1.26. The number of ketones is 1. The second-order valence-electron chi connectivity index (χ2n) is 3.52. The van der Waals surface area contributed by atoms with Crippen molar-refractivity contribution in [1.82, 2.24) is 0 Å². The molecule has 92 valence electrons. The number of carbonyl (C=O) groups is 1. The van der Waals surface area contributed by atoms with Gasteiger partial charge in [0.1, 0.15) is 5.78 Å². The average Bonchev–Trinajstić information content (AvgIpc) is 2.25. The molecule has 5 nitrogen and oxygen atoms in total. The molecule has 0 aliphatic carbocycles. The van der Waals surface area contributed by atoms with Crippen molar-refractivity contribution in [2.45, 2.75) is 19.8 Å². The molecule has 1 rings (SSSR count). The van der Waals surface area contributed by atoms with Crippen molar-refractivity contribution < 1.29 is 14.5 Å². The molecule has 0 aliphatic rings. The molecule has 0 fully saturated rings. The van der Waals surface area contributed by atoms with Gasteiger partial charge in [0.05, 0.1) is 11.5 Å². The van der Waals surface area contributed by atoms with E-state index in [1.165, 1.54) is 25.1 Å². The van der Waals surface area contributed by atoms with Crippen molar-refractivity contribution >= 4 is 23.1 Å². The number of rotatable bonds is 6. The number of nitro groups is 1. The first-order valence-electron chi connectivity index (χ1n) is 5.07. The Balaban J connectivity index is 2.64. The van der Waals surface area contributed by atoms with Crippen LogP contribution in [0, 0.1) is 10.1 Å². The third-order valence-corrected chi connectivity index (χ3v) is 2.28. The number of benzene rings is 1. The summed E-state index contributed by atoms with van der Waals surface area (Å²) in [7, 11) is 0. The summed E-state index contributed by atoms with van der Waals surface area (Å²) in [6.45, 7) is 1.76. The summed E-state index contributed by atoms with van der Waals surface area (Å²) in [5, 5.41) is 11.0. The van der Waals surface area contributed by atoms with Crippen molar-refractivity contribution in [2.75, 3.05) is 6.61 Å². The SMILES string of the molecule is CC(=O)CCCOc1ccc(Cl)cc1[N+](=O)[O-]. The maximum absolute atomic E-state index is 10.7. The predicted octanol–water partition coefficient (Wildman–Crippen LogP) is 3.00. The summed E-state index contributed by atoms with van der Waals surface area (Å²) in [4.78, 5) is 20.9. The van der Waals surface area contributed by atoms with E-state index in [1.54, 1.807) is 0 Å². The van der Waals surface area contributed by atoms with E-state index in [9.17, 15) is 14.9 Å². The second-order valence-corrected chi connectivity index (χ2v) is 3.96. The number of nitrogens with zero attached hydrogens (tertiary/aromatic N) is 1. The van der Waals surface area contributed by atoms with Crippen LogP contribution in [0.2, 0.25) is 5.02 Å². The van der Waals surface area contributed by atoms with E-state index >= 15 is 0 Å². The highest BCUT2D eigenvalue weighted by atomic mass is 35.5. The van der Waals surface area contributed by atoms with Crippen molar-refractivity contribution in [2.24, 2.45) is 0 Å². The Hall–Kier alpha value is -1.62. The molecule has 0 radical (unpaired) electrons. The highest BCUT2D eigenvalue weighted by Crippen LogP contribution is 2.29. The van der Waals surface area contributed by atoms with Crippen LogP contribution < -0.4 is 4.74 Å². The minimum Gasteiger partial charge on any atom is -0.487 e. The Morgan fingerprint density at radius 3 is 2.82 bits per heavy atom. The van der Waals surface area contributed by atoms with Crippen LogP contribution in [0.1, 0.15) is 19.8 Å². The average molecular weight is 258 g/mol. The molecule has 0 saturated carbocycles. The second kappa shape index (κ2) is 6.20. The number of halogens is 1. The fourth-order valence-corrected chi connectivity index (χ4v) is 1.42. The van der Waals surface area contributed by atoms with E-state index in [-0.39, 0.29) is 28.8 Å². The number of ether oxygens (including phenoxy) is 1. The van der Waals surface area contributed by atoms with Gasteiger partial charge in [-0.25, -0.2) is 0 Å². The molecule has 0 aromatic heterocycles. The fraction of sp³-hybridized carbons (Fsp3) is 0.364. The third-order valence-electron chi connectivity index (χ3n) is 2.05. The topological polar surface area (TPSA) is 69.4 Å². The van der Waals surface area contributed by atoms with Gasteiger partial charge in [0, 0.05) is 17.5 Å². The van der Waals surface area contributed by atoms with Crippen molar-refractivity contribution in [3.05, 3.63) is 33.3 Å². The van der Waals surface area contributed by atoms with E-state index in [2.05, 4.69) is 0 Å². The first kappa shape index (κ1) is 13.4. The lowest BCUT2D eigenvalue weighted by Crippen LogP contribution is -2.02. The van der Waals surface area contributed by atoms with Crippen molar-refractivity contribution in [3.8, 4) is 5.75 Å². The summed E-state index contributed by atoms with van der Waals surface area (Å²) >= 11 is 5.66. The maximum atomic E-state index is 10.7. The van der Waals surface area contributed by atoms with Crippen LogP contribution in [-0.4, -0.2) is 17.3 Å². The molecule has 0 N–H and O–H groups in total. The number of Topliss-reactive ketones (excluding diaryl/α,β-unsaturated/α-hetero) is 1. The molecule has 0 unspecified atom stereocenters. The largest absolute Gasteiger partial charge is 0.487 e. The van der Waals surface area contributed by atoms with Gasteiger partial charge in [-0.2, -0.15) is 0 Å². The lowest BCUT2D eigenvalue weighted by molar-refractivity contribution is -0.385. The molecule has 0 spiro atoms. The molecular weight excluding hydrogens is 246 g/mol. The zero-order valence-electron chi connectivity index (χ0n) is 9.31. The van der Waals surface area contributed by atoms with Crippen LogP contribution in [-0.2, 0) is 4.79 Å². The Bertz CT molecular complexity index is 433. The summed E-state index contributed by atoms with van der Waals surface area (Å²) in [6, 6.07) is 4.21. The molecular formula is C11H12ClNO4. The molecule has 0 heterocycles. The van der Waals surface area contributed by atoms with E-state index in [1.807, 2.05) is 0 Å². The monoisotopic (exact) mass is 257 g/mol. The first-order chi connectivity index (χ1) is 8.00. The Morgan fingerprint density at radius 1 is 1.53 bits per heavy atom. The molecule has 0 aliphatic heterocycles. The van der Waals surface area contributed by atoms with Gasteiger partial charge < -0.3 is 9.53 Å². The zero-order chi connectivity index (χ0) is 12.8. The Kier molecular flexibility index (Phi) is 4.90. The van der Waals surface area contributed by atoms with Crippen molar-refractivity contribution in [1.29, 1.82) is 0 Å². The van der Waals surface area contributed by atoms with Crippen LogP contribution in [0.15, 0.2) is 18.2 Å². The first-order valence-corrected chi connectivity index (χ1v) is 5.44. The quantitative estimate of drug-likeness (QED) is 0.446. The minimum atomic E-state index is -0.549. The van der Waals surface area contributed by atoms with E-state index in [0.717, 1.165) is 0 Å². The zero-order valence-corrected chi connectivity index (χ0v) is 10.1. The lowest BCUT2D eigenvalue weighted by Gasteiger charge is -2.06. The smallest absolute Gasteiger partial charge is 0.312 e. The van der Waals surface area contributed by atoms with Gasteiger partial charge in [0.15, 0.2) is 5.75 Å². The van der Waals surface area contributed by atoms with E-state index in [0.29, 0.717) is 12.8 Å². The van der Waals surface area contributed by atoms with Gasteiger partial charge in [-0.1, -0.05) is 11.6 Å². The van der Waals surface area contributed by atoms with Crippen LogP contribution >= 0.6 is 11.6 Å². The highest BCUT2D eigenvalue weighted by Gasteiger charge is 2.15. The summed E-state index contributed by atoms with van der Waals surface area (Å²) in [5.41, 5.74) is -0.166. The van der Waals surface area contributed by atoms with Gasteiger partial charge in [-0.3, -0.25) is 10.1 Å². The normalized spacial score (nSPS) is 10.0. The van der Waals surface area contributed by atoms with Gasteiger partial charge in [-0.05, 0) is 25.5 Å². The minimum absolute atomic E-state index is 0.0687. The molecule has 0 saturated heterocycles. The Morgan fingerprint density at radius 2 is 2.24 bits per heavy atom. The molecule has 0 atom stereocenters. The summed E-state index contributed by atoms with van der Waals surface area (Å²) in [5.74, 6) is 0.238. The standard InChI is InChI=1S/C11H12ClNO4/c1-8(14)3-2-6-17-11-5-4-9(12)7-10(11)13(15)16/h4-5,7H,2-3,6H2,1H3. The number of nitro benzene ring substituents is 1. The maximum Gasteiger partial charge on any atom is 0.312 e. The molecule has 1 aromatic rings. The third kappa shape index (κ3) is 4.40. The lowest BCUT2D eigenvalue weighted by atomic mass is 10.2. The molecule has 17 heavy (non-hydrogen) atoms. The van der Waals surface area contributed by atoms with Crippen LogP contribution in [0.25, 0.3) is 0 Å². The number of carbonyl (C=O) groups excluding carboxylic acids is 1. The molecule has 1 aromatic carbocycles. The number of hydrogen-bond acceptors (Lipinski definition) is 4. The summed E-state index contributed by atoms with van der Waals surface area (Å²) in [6.07, 6.45) is 0.941. The Labute approximate surface area is 103 Å². The number of hydrogen-bond donors (Lipinski definition) is 0. The van der Waals surface area contributed by atoms with Crippen LogP contribution in [0.5, 0.6) is 5.75 Å². The summed E-state index contributed by atoms with van der Waals surface area (Å²) < 4.78 is 5.25. The van der Waals surface area contributed by atoms with Crippen molar-refractivity contribution in [3.63, 3.8) is 0 Å². The van der Waals surface area contributed by atoms with Gasteiger partial charge in [-0.15, -0.1) is 0 Å². The molecule has 0 bridgehead atoms. The van der Waals surface area contributed by atoms with Crippen LogP contribution in [0.3, 0.4) is 0 Å².